The van der Waals surface area contributed by atoms with E-state index < -0.39 is 0 Å². The lowest BCUT2D eigenvalue weighted by atomic mass is 9.89. The van der Waals surface area contributed by atoms with Crippen LogP contribution in [0, 0.1) is 5.92 Å². The summed E-state index contributed by atoms with van der Waals surface area (Å²) in [5.74, 6) is -0.227. The second-order valence-electron chi connectivity index (χ2n) is 7.27. The SMILES string of the molecule is CC(=O)c1cc(C(=O)N2CCC[C@H](C(=O)c3ccc4ccccc4c3)C2)cs1. The van der Waals surface area contributed by atoms with Gasteiger partial charge in [0, 0.05) is 30.0 Å². The van der Waals surface area contributed by atoms with Crippen molar-refractivity contribution < 1.29 is 14.4 Å². The first-order valence-corrected chi connectivity index (χ1v) is 10.3. The van der Waals surface area contributed by atoms with Crippen LogP contribution in [0.2, 0.25) is 0 Å². The quantitative estimate of drug-likeness (QED) is 0.598. The molecule has 142 valence electrons. The summed E-state index contributed by atoms with van der Waals surface area (Å²) in [5, 5.41) is 3.89. The van der Waals surface area contributed by atoms with Crippen molar-refractivity contribution in [2.24, 2.45) is 5.92 Å². The maximum absolute atomic E-state index is 13.1. The second-order valence-corrected chi connectivity index (χ2v) is 8.18. The molecular weight excluding hydrogens is 370 g/mol. The molecule has 2 heterocycles. The van der Waals surface area contributed by atoms with Crippen molar-refractivity contribution in [2.75, 3.05) is 13.1 Å². The molecule has 0 aliphatic carbocycles. The van der Waals surface area contributed by atoms with E-state index >= 15 is 0 Å². The van der Waals surface area contributed by atoms with Crippen LogP contribution in [0.5, 0.6) is 0 Å². The molecule has 0 N–H and O–H groups in total. The van der Waals surface area contributed by atoms with Gasteiger partial charge >= 0.3 is 0 Å². The number of thiophene rings is 1. The van der Waals surface area contributed by atoms with E-state index in [-0.39, 0.29) is 23.4 Å². The Morgan fingerprint density at radius 3 is 2.54 bits per heavy atom. The highest BCUT2D eigenvalue weighted by atomic mass is 32.1. The Balaban J connectivity index is 1.51. The lowest BCUT2D eigenvalue weighted by molar-refractivity contribution is 0.0637. The van der Waals surface area contributed by atoms with Crippen LogP contribution in [-0.4, -0.2) is 35.5 Å². The summed E-state index contributed by atoms with van der Waals surface area (Å²) < 4.78 is 0. The van der Waals surface area contributed by atoms with Gasteiger partial charge in [-0.2, -0.15) is 0 Å². The number of ketones is 2. The highest BCUT2D eigenvalue weighted by molar-refractivity contribution is 7.12. The second kappa shape index (κ2) is 7.68. The van der Waals surface area contributed by atoms with E-state index in [1.165, 1.54) is 18.3 Å². The Morgan fingerprint density at radius 1 is 1.00 bits per heavy atom. The first kappa shape index (κ1) is 18.6. The molecular formula is C23H21NO3S. The van der Waals surface area contributed by atoms with E-state index in [9.17, 15) is 14.4 Å². The van der Waals surface area contributed by atoms with Gasteiger partial charge in [-0.25, -0.2) is 0 Å². The Morgan fingerprint density at radius 2 is 1.79 bits per heavy atom. The molecule has 4 rings (SSSR count). The fourth-order valence-corrected chi connectivity index (χ4v) is 4.55. The van der Waals surface area contributed by atoms with Crippen molar-refractivity contribution in [1.29, 1.82) is 0 Å². The maximum atomic E-state index is 13.1. The lowest BCUT2D eigenvalue weighted by Gasteiger charge is -2.32. The van der Waals surface area contributed by atoms with Crippen LogP contribution < -0.4 is 0 Å². The highest BCUT2D eigenvalue weighted by Gasteiger charge is 2.30. The minimum absolute atomic E-state index is 0.0351. The summed E-state index contributed by atoms with van der Waals surface area (Å²) in [5.41, 5.74) is 1.24. The molecule has 1 fully saturated rings. The molecule has 4 nitrogen and oxygen atoms in total. The van der Waals surface area contributed by atoms with Crippen LogP contribution in [-0.2, 0) is 0 Å². The zero-order valence-electron chi connectivity index (χ0n) is 15.7. The number of Topliss-reactive ketones (excluding diaryl/α,β-unsaturated/α-hetero) is 2. The monoisotopic (exact) mass is 391 g/mol. The van der Waals surface area contributed by atoms with E-state index in [4.69, 9.17) is 0 Å². The number of fused-ring (bicyclic) bond motifs is 1. The number of likely N-dealkylation sites (tertiary alicyclic amines) is 1. The van der Waals surface area contributed by atoms with Crippen molar-refractivity contribution in [3.63, 3.8) is 0 Å². The predicted molar refractivity (Wildman–Crippen MR) is 111 cm³/mol. The molecule has 1 saturated heterocycles. The van der Waals surface area contributed by atoms with Crippen molar-refractivity contribution in [3.8, 4) is 0 Å². The fraction of sp³-hybridized carbons (Fsp3) is 0.261. The molecule has 3 aromatic rings. The van der Waals surface area contributed by atoms with Crippen LogP contribution in [0.15, 0.2) is 53.9 Å². The summed E-state index contributed by atoms with van der Waals surface area (Å²) in [7, 11) is 0. The van der Waals surface area contributed by atoms with Gasteiger partial charge in [-0.3, -0.25) is 14.4 Å². The third kappa shape index (κ3) is 3.62. The largest absolute Gasteiger partial charge is 0.338 e. The van der Waals surface area contributed by atoms with Crippen LogP contribution >= 0.6 is 11.3 Å². The minimum Gasteiger partial charge on any atom is -0.338 e. The van der Waals surface area contributed by atoms with Gasteiger partial charge in [0.2, 0.25) is 0 Å². The van der Waals surface area contributed by atoms with E-state index in [0.717, 1.165) is 23.6 Å². The smallest absolute Gasteiger partial charge is 0.254 e. The summed E-state index contributed by atoms with van der Waals surface area (Å²) in [6.45, 7) is 2.57. The molecule has 0 spiro atoms. The summed E-state index contributed by atoms with van der Waals surface area (Å²) in [4.78, 5) is 39.7. The van der Waals surface area contributed by atoms with E-state index in [0.29, 0.717) is 29.1 Å². The molecule has 1 aliphatic rings. The number of amides is 1. The Kier molecular flexibility index (Phi) is 5.09. The average molecular weight is 391 g/mol. The number of benzene rings is 2. The van der Waals surface area contributed by atoms with E-state index in [1.54, 1.807) is 16.3 Å². The normalized spacial score (nSPS) is 16.9. The Bertz CT molecular complexity index is 1070. The molecule has 5 heteroatoms. The third-order valence-electron chi connectivity index (χ3n) is 5.31. The zero-order chi connectivity index (χ0) is 19.7. The highest BCUT2D eigenvalue weighted by Crippen LogP contribution is 2.25. The number of nitrogens with zero attached hydrogens (tertiary/aromatic N) is 1. The fourth-order valence-electron chi connectivity index (χ4n) is 3.77. The summed E-state index contributed by atoms with van der Waals surface area (Å²) in [6, 6.07) is 15.4. The number of rotatable bonds is 4. The van der Waals surface area contributed by atoms with Crippen LogP contribution in [0.25, 0.3) is 10.8 Å². The van der Waals surface area contributed by atoms with Crippen molar-refractivity contribution >= 4 is 39.6 Å². The van der Waals surface area contributed by atoms with Crippen LogP contribution in [0.4, 0.5) is 0 Å². The molecule has 1 aromatic heterocycles. The molecule has 28 heavy (non-hydrogen) atoms. The number of piperidine rings is 1. The van der Waals surface area contributed by atoms with E-state index in [2.05, 4.69) is 0 Å². The van der Waals surface area contributed by atoms with E-state index in [1.807, 2.05) is 42.5 Å². The Hall–Kier alpha value is -2.79. The molecule has 1 aliphatic heterocycles. The average Bonchev–Trinajstić information content (AvgIpc) is 3.23. The molecule has 0 bridgehead atoms. The number of hydrogen-bond donors (Lipinski definition) is 0. The molecule has 0 saturated carbocycles. The third-order valence-corrected chi connectivity index (χ3v) is 6.34. The van der Waals surface area contributed by atoms with Gasteiger partial charge in [0.1, 0.15) is 0 Å². The molecule has 2 aromatic carbocycles. The van der Waals surface area contributed by atoms with Crippen molar-refractivity contribution in [3.05, 3.63) is 69.9 Å². The van der Waals surface area contributed by atoms with Gasteiger partial charge in [-0.05, 0) is 42.7 Å². The standard InChI is InChI=1S/C23H21NO3S/c1-15(25)21-12-20(14-28-21)23(27)24-10-4-7-19(13-24)22(26)18-9-8-16-5-2-3-6-17(16)11-18/h2-3,5-6,8-9,11-12,14,19H,4,7,10,13H2,1H3/t19-/m0/s1. The zero-order valence-corrected chi connectivity index (χ0v) is 16.5. The minimum atomic E-state index is -0.190. The van der Waals surface area contributed by atoms with Gasteiger partial charge in [-0.1, -0.05) is 36.4 Å². The number of carbonyl (C=O) groups is 3. The van der Waals surface area contributed by atoms with Gasteiger partial charge < -0.3 is 4.90 Å². The van der Waals surface area contributed by atoms with Crippen molar-refractivity contribution in [1.82, 2.24) is 4.90 Å². The predicted octanol–water partition coefficient (Wildman–Crippen LogP) is 4.84. The van der Waals surface area contributed by atoms with Gasteiger partial charge in [0.05, 0.1) is 10.4 Å². The summed E-state index contributed by atoms with van der Waals surface area (Å²) in [6.07, 6.45) is 1.59. The molecule has 1 amide bonds. The van der Waals surface area contributed by atoms with Crippen LogP contribution in [0.1, 0.15) is 50.2 Å². The van der Waals surface area contributed by atoms with Gasteiger partial charge in [-0.15, -0.1) is 11.3 Å². The molecule has 0 radical (unpaired) electrons. The van der Waals surface area contributed by atoms with Crippen molar-refractivity contribution in [2.45, 2.75) is 19.8 Å². The number of hydrogen-bond acceptors (Lipinski definition) is 4. The number of carbonyl (C=O) groups excluding carboxylic acids is 3. The van der Waals surface area contributed by atoms with Gasteiger partial charge in [0.25, 0.3) is 5.91 Å². The lowest BCUT2D eigenvalue weighted by Crippen LogP contribution is -2.42. The van der Waals surface area contributed by atoms with Gasteiger partial charge in [0.15, 0.2) is 11.6 Å². The topological polar surface area (TPSA) is 54.5 Å². The first-order valence-electron chi connectivity index (χ1n) is 9.44. The first-order chi connectivity index (χ1) is 13.5. The molecule has 0 unspecified atom stereocenters. The Labute approximate surface area is 167 Å². The molecule has 1 atom stereocenters. The maximum Gasteiger partial charge on any atom is 0.254 e. The van der Waals surface area contributed by atoms with Crippen LogP contribution in [0.3, 0.4) is 0 Å². The summed E-state index contributed by atoms with van der Waals surface area (Å²) >= 11 is 1.29.